The van der Waals surface area contributed by atoms with Gasteiger partial charge in [-0.2, -0.15) is 13.2 Å². The minimum Gasteiger partial charge on any atom is -0.464 e. The number of methoxy groups -OCH3 is 1. The van der Waals surface area contributed by atoms with Gasteiger partial charge in [-0.25, -0.2) is 14.8 Å². The van der Waals surface area contributed by atoms with Crippen LogP contribution in [0.25, 0.3) is 0 Å². The quantitative estimate of drug-likeness (QED) is 0.695. The third kappa shape index (κ3) is 4.32. The average molecular weight is 400 g/mol. The molecule has 1 aromatic carbocycles. The number of esters is 1. The van der Waals surface area contributed by atoms with Crippen molar-refractivity contribution in [1.82, 2.24) is 9.97 Å². The second-order valence-electron chi connectivity index (χ2n) is 6.38. The molecule has 27 heavy (non-hydrogen) atoms. The molecule has 1 aromatic heterocycles. The van der Waals surface area contributed by atoms with E-state index in [1.54, 1.807) is 11.9 Å². The number of hydrogen-bond acceptors (Lipinski definition) is 5. The third-order valence-corrected chi connectivity index (χ3v) is 4.58. The van der Waals surface area contributed by atoms with Crippen LogP contribution in [0.4, 0.5) is 19.0 Å². The van der Waals surface area contributed by atoms with E-state index in [-0.39, 0.29) is 23.2 Å². The highest BCUT2D eigenvalue weighted by atomic mass is 35.5. The number of carbonyl (C=O) groups excluding carboxylic acids is 1. The van der Waals surface area contributed by atoms with Crippen LogP contribution in [-0.4, -0.2) is 30.1 Å². The van der Waals surface area contributed by atoms with E-state index >= 15 is 0 Å². The largest absolute Gasteiger partial charge is 0.464 e. The van der Waals surface area contributed by atoms with E-state index in [0.29, 0.717) is 17.2 Å². The molecule has 5 nitrogen and oxygen atoms in total. The van der Waals surface area contributed by atoms with Crippen LogP contribution in [0.3, 0.4) is 0 Å². The molecule has 0 radical (unpaired) electrons. The third-order valence-electron chi connectivity index (χ3n) is 4.23. The van der Waals surface area contributed by atoms with Crippen molar-refractivity contribution in [3.05, 3.63) is 51.9 Å². The first-order chi connectivity index (χ1) is 12.7. The van der Waals surface area contributed by atoms with Crippen LogP contribution in [0.15, 0.2) is 24.3 Å². The molecule has 0 aliphatic heterocycles. The summed E-state index contributed by atoms with van der Waals surface area (Å²) in [4.78, 5) is 22.3. The van der Waals surface area contributed by atoms with Crippen LogP contribution >= 0.6 is 11.6 Å². The fourth-order valence-corrected chi connectivity index (χ4v) is 2.91. The first-order valence-corrected chi connectivity index (χ1v) is 8.61. The van der Waals surface area contributed by atoms with Crippen LogP contribution in [-0.2, 0) is 17.5 Å². The maximum Gasteiger partial charge on any atom is 0.416 e. The highest BCUT2D eigenvalue weighted by molar-refractivity contribution is 6.35. The molecule has 1 aliphatic rings. The van der Waals surface area contributed by atoms with Crippen molar-refractivity contribution in [1.29, 1.82) is 0 Å². The number of halogens is 4. The van der Waals surface area contributed by atoms with Gasteiger partial charge >= 0.3 is 12.1 Å². The van der Waals surface area contributed by atoms with Crippen LogP contribution in [0, 0.1) is 0 Å². The van der Waals surface area contributed by atoms with E-state index in [9.17, 15) is 18.0 Å². The Kier molecular flexibility index (Phi) is 5.28. The molecule has 0 unspecified atom stereocenters. The lowest BCUT2D eigenvalue weighted by atomic mass is 10.1. The van der Waals surface area contributed by atoms with Gasteiger partial charge in [0.2, 0.25) is 0 Å². The Balaban J connectivity index is 1.88. The molecule has 1 aliphatic carbocycles. The summed E-state index contributed by atoms with van der Waals surface area (Å²) in [5.41, 5.74) is -0.0731. The number of aromatic nitrogens is 2. The summed E-state index contributed by atoms with van der Waals surface area (Å²) in [6.45, 7) is 0.263. The summed E-state index contributed by atoms with van der Waals surface area (Å²) in [6, 6.07) is 4.86. The molecule has 0 bridgehead atoms. The Morgan fingerprint density at radius 3 is 2.41 bits per heavy atom. The predicted octanol–water partition coefficient (Wildman–Crippen LogP) is 4.45. The summed E-state index contributed by atoms with van der Waals surface area (Å²) < 4.78 is 42.8. The van der Waals surface area contributed by atoms with Gasteiger partial charge in [0.1, 0.15) is 10.8 Å². The number of carbonyl (C=O) groups is 1. The zero-order valence-corrected chi connectivity index (χ0v) is 15.4. The molecule has 0 atom stereocenters. The monoisotopic (exact) mass is 399 g/mol. The van der Waals surface area contributed by atoms with E-state index in [2.05, 4.69) is 9.97 Å². The van der Waals surface area contributed by atoms with Gasteiger partial charge in [-0.15, -0.1) is 0 Å². The van der Waals surface area contributed by atoms with Crippen molar-refractivity contribution < 1.29 is 22.7 Å². The molecule has 0 saturated heterocycles. The SMILES string of the molecule is COC(=O)c1nc(C2CC2)nc(N(C)Cc2ccc(C(F)(F)F)cc2)c1Cl. The molecule has 1 heterocycles. The number of rotatable bonds is 5. The standard InChI is InChI=1S/C18H17ClF3N3O2/c1-25(9-10-3-7-12(8-4-10)18(20,21)22)16-13(19)14(17(26)27-2)23-15(24-16)11-5-6-11/h3-4,7-8,11H,5-6,9H2,1-2H3. The van der Waals surface area contributed by atoms with Crippen LogP contribution in [0.1, 0.15) is 46.2 Å². The normalized spacial score (nSPS) is 14.1. The number of anilines is 1. The van der Waals surface area contributed by atoms with Crippen LogP contribution in [0.5, 0.6) is 0 Å². The molecule has 3 rings (SSSR count). The van der Waals surface area contributed by atoms with Gasteiger partial charge < -0.3 is 9.64 Å². The zero-order chi connectivity index (χ0) is 19.8. The molecule has 9 heteroatoms. The second kappa shape index (κ2) is 7.34. The topological polar surface area (TPSA) is 55.3 Å². The Labute approximate surface area is 159 Å². The minimum absolute atomic E-state index is 0.00895. The average Bonchev–Trinajstić information content (AvgIpc) is 3.46. The molecular formula is C18H17ClF3N3O2. The molecule has 1 saturated carbocycles. The van der Waals surface area contributed by atoms with Crippen molar-refractivity contribution in [3.63, 3.8) is 0 Å². The van der Waals surface area contributed by atoms with Gasteiger partial charge in [-0.05, 0) is 30.5 Å². The molecule has 0 amide bonds. The Morgan fingerprint density at radius 1 is 1.26 bits per heavy atom. The first-order valence-electron chi connectivity index (χ1n) is 8.23. The predicted molar refractivity (Wildman–Crippen MR) is 93.9 cm³/mol. The van der Waals surface area contributed by atoms with Crippen molar-refractivity contribution in [3.8, 4) is 0 Å². The summed E-state index contributed by atoms with van der Waals surface area (Å²) >= 11 is 6.31. The summed E-state index contributed by atoms with van der Waals surface area (Å²) in [7, 11) is 2.94. The van der Waals surface area contributed by atoms with Crippen molar-refractivity contribution in [2.24, 2.45) is 0 Å². The Bertz CT molecular complexity index is 852. The highest BCUT2D eigenvalue weighted by Gasteiger charge is 2.31. The van der Waals surface area contributed by atoms with Crippen molar-refractivity contribution >= 4 is 23.4 Å². The summed E-state index contributed by atoms with van der Waals surface area (Å²) in [5.74, 6) is 0.389. The molecule has 2 aromatic rings. The highest BCUT2D eigenvalue weighted by Crippen LogP contribution is 2.40. The van der Waals surface area contributed by atoms with Crippen LogP contribution < -0.4 is 4.90 Å². The van der Waals surface area contributed by atoms with Gasteiger partial charge in [0.05, 0.1) is 12.7 Å². The first kappa shape index (κ1) is 19.4. The zero-order valence-electron chi connectivity index (χ0n) is 14.7. The fourth-order valence-electron chi connectivity index (χ4n) is 2.61. The van der Waals surface area contributed by atoms with E-state index in [0.717, 1.165) is 25.0 Å². The summed E-state index contributed by atoms with van der Waals surface area (Å²) in [5, 5.41) is 0.0562. The van der Waals surface area contributed by atoms with Crippen LogP contribution in [0.2, 0.25) is 5.02 Å². The fraction of sp³-hybridized carbons (Fsp3) is 0.389. The maximum absolute atomic E-state index is 12.7. The lowest BCUT2D eigenvalue weighted by Crippen LogP contribution is -2.21. The molecule has 0 spiro atoms. The van der Waals surface area contributed by atoms with Crippen molar-refractivity contribution in [2.45, 2.75) is 31.5 Å². The number of nitrogens with zero attached hydrogens (tertiary/aromatic N) is 3. The minimum atomic E-state index is -4.38. The summed E-state index contributed by atoms with van der Waals surface area (Å²) in [6.07, 6.45) is -2.51. The van der Waals surface area contributed by atoms with Gasteiger partial charge in [-0.1, -0.05) is 23.7 Å². The van der Waals surface area contributed by atoms with Gasteiger partial charge in [0.25, 0.3) is 0 Å². The van der Waals surface area contributed by atoms with Gasteiger partial charge in [0, 0.05) is 19.5 Å². The lowest BCUT2D eigenvalue weighted by molar-refractivity contribution is -0.137. The molecule has 1 fully saturated rings. The molecular weight excluding hydrogens is 383 g/mol. The number of alkyl halides is 3. The number of hydrogen-bond donors (Lipinski definition) is 0. The smallest absolute Gasteiger partial charge is 0.416 e. The van der Waals surface area contributed by atoms with E-state index < -0.39 is 17.7 Å². The Morgan fingerprint density at radius 2 is 1.89 bits per heavy atom. The van der Waals surface area contributed by atoms with E-state index in [1.165, 1.54) is 19.2 Å². The maximum atomic E-state index is 12.7. The van der Waals surface area contributed by atoms with E-state index in [1.807, 2.05) is 0 Å². The molecule has 0 N–H and O–H groups in total. The Hall–Kier alpha value is -2.35. The number of benzene rings is 1. The second-order valence-corrected chi connectivity index (χ2v) is 6.76. The van der Waals surface area contributed by atoms with Crippen molar-refractivity contribution in [2.75, 3.05) is 19.1 Å². The van der Waals surface area contributed by atoms with Gasteiger partial charge in [0.15, 0.2) is 11.5 Å². The molecule has 144 valence electrons. The van der Waals surface area contributed by atoms with E-state index in [4.69, 9.17) is 16.3 Å². The van der Waals surface area contributed by atoms with Gasteiger partial charge in [-0.3, -0.25) is 0 Å². The number of ether oxygens (including phenoxy) is 1. The lowest BCUT2D eigenvalue weighted by Gasteiger charge is -2.21.